The van der Waals surface area contributed by atoms with Gasteiger partial charge in [0.25, 0.3) is 0 Å². The lowest BCUT2D eigenvalue weighted by molar-refractivity contribution is -0.291. The molecule has 0 aromatic rings. The summed E-state index contributed by atoms with van der Waals surface area (Å²) in [5, 5.41) is 0. The molecule has 0 radical (unpaired) electrons. The van der Waals surface area contributed by atoms with Crippen LogP contribution in [0.3, 0.4) is 0 Å². The third-order valence-electron chi connectivity index (χ3n) is 3.73. The van der Waals surface area contributed by atoms with Crippen molar-refractivity contribution in [1.29, 1.82) is 0 Å². The van der Waals surface area contributed by atoms with Crippen LogP contribution < -0.4 is 0 Å². The lowest BCUT2D eigenvalue weighted by Crippen LogP contribution is -2.48. The molecule has 0 bridgehead atoms. The SMILES string of the molecule is CCCCCC(=O)OCC1(CC)COC(C)(C)OC1. The van der Waals surface area contributed by atoms with E-state index in [0.29, 0.717) is 26.2 Å². The second kappa shape index (κ2) is 7.25. The molecule has 0 aromatic heterocycles. The number of ether oxygens (including phenoxy) is 3. The molecule has 4 nitrogen and oxygen atoms in total. The summed E-state index contributed by atoms with van der Waals surface area (Å²) >= 11 is 0. The van der Waals surface area contributed by atoms with Crippen LogP contribution in [-0.4, -0.2) is 31.6 Å². The highest BCUT2D eigenvalue weighted by molar-refractivity contribution is 5.69. The van der Waals surface area contributed by atoms with Gasteiger partial charge in [-0.2, -0.15) is 0 Å². The third kappa shape index (κ3) is 5.49. The van der Waals surface area contributed by atoms with Crippen LogP contribution in [0.1, 0.15) is 59.8 Å². The number of esters is 1. The minimum Gasteiger partial charge on any atom is -0.465 e. The summed E-state index contributed by atoms with van der Waals surface area (Å²) in [5.41, 5.74) is -0.185. The molecular weight excluding hydrogens is 244 g/mol. The van der Waals surface area contributed by atoms with Crippen LogP contribution in [0, 0.1) is 5.41 Å². The van der Waals surface area contributed by atoms with E-state index in [4.69, 9.17) is 14.2 Å². The van der Waals surface area contributed by atoms with Crippen molar-refractivity contribution in [2.75, 3.05) is 19.8 Å². The molecule has 1 aliphatic heterocycles. The van der Waals surface area contributed by atoms with Crippen molar-refractivity contribution in [1.82, 2.24) is 0 Å². The van der Waals surface area contributed by atoms with E-state index < -0.39 is 5.79 Å². The molecular formula is C15H28O4. The number of unbranched alkanes of at least 4 members (excludes halogenated alkanes) is 2. The largest absolute Gasteiger partial charge is 0.465 e. The van der Waals surface area contributed by atoms with Gasteiger partial charge in [-0.05, 0) is 26.7 Å². The van der Waals surface area contributed by atoms with Crippen LogP contribution in [-0.2, 0) is 19.0 Å². The summed E-state index contributed by atoms with van der Waals surface area (Å²) < 4.78 is 16.8. The molecule has 0 saturated carbocycles. The first kappa shape index (κ1) is 16.4. The lowest BCUT2D eigenvalue weighted by Gasteiger charge is -2.42. The zero-order valence-corrected chi connectivity index (χ0v) is 12.8. The van der Waals surface area contributed by atoms with Crippen LogP contribution in [0.15, 0.2) is 0 Å². The first-order chi connectivity index (χ1) is 8.93. The predicted octanol–water partition coefficient (Wildman–Crippen LogP) is 3.29. The fourth-order valence-electron chi connectivity index (χ4n) is 1.95. The maximum Gasteiger partial charge on any atom is 0.305 e. The first-order valence-electron chi connectivity index (χ1n) is 7.36. The standard InChI is InChI=1S/C15H28O4/c1-5-7-8-9-13(16)17-10-15(6-2)11-18-14(3,4)19-12-15/h5-12H2,1-4H3. The molecule has 0 amide bonds. The third-order valence-corrected chi connectivity index (χ3v) is 3.73. The number of carbonyl (C=O) groups excluding carboxylic acids is 1. The van der Waals surface area contributed by atoms with Crippen molar-refractivity contribution in [3.8, 4) is 0 Å². The fraction of sp³-hybridized carbons (Fsp3) is 0.933. The molecule has 0 spiro atoms. The molecule has 4 heteroatoms. The molecule has 19 heavy (non-hydrogen) atoms. The number of carbonyl (C=O) groups is 1. The quantitative estimate of drug-likeness (QED) is 0.527. The lowest BCUT2D eigenvalue weighted by atomic mass is 9.87. The van der Waals surface area contributed by atoms with E-state index in [2.05, 4.69) is 13.8 Å². The molecule has 1 saturated heterocycles. The van der Waals surface area contributed by atoms with Gasteiger partial charge in [-0.25, -0.2) is 0 Å². The van der Waals surface area contributed by atoms with Gasteiger partial charge in [-0.15, -0.1) is 0 Å². The summed E-state index contributed by atoms with van der Waals surface area (Å²) in [7, 11) is 0. The molecule has 0 unspecified atom stereocenters. The molecule has 0 atom stereocenters. The maximum absolute atomic E-state index is 11.6. The van der Waals surface area contributed by atoms with Crippen LogP contribution in [0.25, 0.3) is 0 Å². The minimum atomic E-state index is -0.524. The molecule has 0 aliphatic carbocycles. The van der Waals surface area contributed by atoms with Gasteiger partial charge < -0.3 is 14.2 Å². The van der Waals surface area contributed by atoms with Crippen molar-refractivity contribution in [3.63, 3.8) is 0 Å². The summed E-state index contributed by atoms with van der Waals surface area (Å²) in [5.74, 6) is -0.629. The Morgan fingerprint density at radius 3 is 2.32 bits per heavy atom. The second-order valence-electron chi connectivity index (χ2n) is 5.95. The Morgan fingerprint density at radius 1 is 1.16 bits per heavy atom. The van der Waals surface area contributed by atoms with E-state index >= 15 is 0 Å². The summed E-state index contributed by atoms with van der Waals surface area (Å²) in [6, 6.07) is 0. The van der Waals surface area contributed by atoms with Gasteiger partial charge >= 0.3 is 5.97 Å². The van der Waals surface area contributed by atoms with Gasteiger partial charge in [0, 0.05) is 6.42 Å². The van der Waals surface area contributed by atoms with Crippen molar-refractivity contribution in [2.24, 2.45) is 5.41 Å². The van der Waals surface area contributed by atoms with Gasteiger partial charge in [0.2, 0.25) is 0 Å². The molecule has 0 aromatic carbocycles. The highest BCUT2D eigenvalue weighted by Crippen LogP contribution is 2.32. The van der Waals surface area contributed by atoms with Crippen LogP contribution in [0.4, 0.5) is 0 Å². The molecule has 1 rings (SSSR count). The Labute approximate surface area is 116 Å². The van der Waals surface area contributed by atoms with E-state index in [9.17, 15) is 4.79 Å². The monoisotopic (exact) mass is 272 g/mol. The predicted molar refractivity (Wildman–Crippen MR) is 73.8 cm³/mol. The number of hydrogen-bond acceptors (Lipinski definition) is 4. The summed E-state index contributed by atoms with van der Waals surface area (Å²) in [4.78, 5) is 11.6. The van der Waals surface area contributed by atoms with Gasteiger partial charge in [0.15, 0.2) is 5.79 Å². The van der Waals surface area contributed by atoms with Crippen molar-refractivity contribution in [2.45, 2.75) is 65.6 Å². The number of hydrogen-bond donors (Lipinski definition) is 0. The summed E-state index contributed by atoms with van der Waals surface area (Å²) in [6.45, 7) is 9.57. The Bertz CT molecular complexity index is 276. The molecule has 112 valence electrons. The Morgan fingerprint density at radius 2 is 1.79 bits per heavy atom. The second-order valence-corrected chi connectivity index (χ2v) is 5.95. The Hall–Kier alpha value is -0.610. The van der Waals surface area contributed by atoms with Crippen LogP contribution in [0.2, 0.25) is 0 Å². The van der Waals surface area contributed by atoms with Crippen molar-refractivity contribution < 1.29 is 19.0 Å². The minimum absolute atomic E-state index is 0.105. The zero-order valence-electron chi connectivity index (χ0n) is 12.8. The van der Waals surface area contributed by atoms with E-state index in [1.54, 1.807) is 0 Å². The van der Waals surface area contributed by atoms with Gasteiger partial charge in [-0.3, -0.25) is 4.79 Å². The van der Waals surface area contributed by atoms with Crippen molar-refractivity contribution >= 4 is 5.97 Å². The van der Waals surface area contributed by atoms with Gasteiger partial charge in [0.1, 0.15) is 6.61 Å². The average Bonchev–Trinajstić information content (AvgIpc) is 2.39. The van der Waals surface area contributed by atoms with Gasteiger partial charge in [0.05, 0.1) is 18.6 Å². The topological polar surface area (TPSA) is 44.8 Å². The van der Waals surface area contributed by atoms with E-state index in [1.165, 1.54) is 0 Å². The van der Waals surface area contributed by atoms with Crippen molar-refractivity contribution in [3.05, 3.63) is 0 Å². The normalized spacial score (nSPS) is 21.1. The maximum atomic E-state index is 11.6. The van der Waals surface area contributed by atoms with Gasteiger partial charge in [-0.1, -0.05) is 26.7 Å². The first-order valence-corrected chi connectivity index (χ1v) is 7.36. The highest BCUT2D eigenvalue weighted by Gasteiger charge is 2.39. The highest BCUT2D eigenvalue weighted by atomic mass is 16.7. The molecule has 1 fully saturated rings. The van der Waals surface area contributed by atoms with Crippen LogP contribution in [0.5, 0.6) is 0 Å². The van der Waals surface area contributed by atoms with Crippen LogP contribution >= 0.6 is 0 Å². The summed E-state index contributed by atoms with van der Waals surface area (Å²) in [6.07, 6.45) is 4.50. The Balaban J connectivity index is 2.34. The zero-order chi connectivity index (χ0) is 14.4. The smallest absolute Gasteiger partial charge is 0.305 e. The van der Waals surface area contributed by atoms with E-state index in [0.717, 1.165) is 25.7 Å². The average molecular weight is 272 g/mol. The number of rotatable bonds is 7. The molecule has 0 N–H and O–H groups in total. The van der Waals surface area contributed by atoms with E-state index in [-0.39, 0.29) is 11.4 Å². The Kier molecular flexibility index (Phi) is 6.27. The fourth-order valence-corrected chi connectivity index (χ4v) is 1.95. The molecule has 1 heterocycles. The molecule has 1 aliphatic rings. The van der Waals surface area contributed by atoms with E-state index in [1.807, 2.05) is 13.8 Å².